The second kappa shape index (κ2) is 8.03. The maximum atomic E-state index is 5.75. The van der Waals surface area contributed by atoms with Gasteiger partial charge >= 0.3 is 0 Å². The summed E-state index contributed by atoms with van der Waals surface area (Å²) in [6, 6.07) is 0. The fourth-order valence-corrected chi connectivity index (χ4v) is 4.13. The molecule has 0 radical (unpaired) electrons. The summed E-state index contributed by atoms with van der Waals surface area (Å²) in [4.78, 5) is 14.7. The smallest absolute Gasteiger partial charge is 0.194 e. The first-order valence-corrected chi connectivity index (χ1v) is 10.1. The zero-order valence-electron chi connectivity index (χ0n) is 14.4. The number of aryl methyl sites for hydroxylation is 3. The summed E-state index contributed by atoms with van der Waals surface area (Å²) in [5, 5.41) is 4.44. The van der Waals surface area contributed by atoms with Crippen LogP contribution in [0.1, 0.15) is 65.6 Å². The Balaban J connectivity index is 1.48. The molecule has 0 aliphatic rings. The van der Waals surface area contributed by atoms with Gasteiger partial charge in [-0.2, -0.15) is 0 Å². The molecule has 1 atom stereocenters. The van der Waals surface area contributed by atoms with E-state index in [-0.39, 0.29) is 0 Å². The fraction of sp³-hybridized carbons (Fsp3) is 0.500. The SMILES string of the molecule is CC(C)c1cnc(CCc2ncc(CCC(C)c3nccs3)s2)o1. The molecule has 4 nitrogen and oxygen atoms in total. The van der Waals surface area contributed by atoms with Crippen molar-refractivity contribution < 1.29 is 4.42 Å². The second-order valence-electron chi connectivity index (χ2n) is 6.34. The number of nitrogens with zero attached hydrogens (tertiary/aromatic N) is 3. The predicted molar refractivity (Wildman–Crippen MR) is 99.0 cm³/mol. The Hall–Kier alpha value is -1.53. The normalized spacial score (nSPS) is 12.8. The van der Waals surface area contributed by atoms with Crippen LogP contribution in [0, 0.1) is 0 Å². The highest BCUT2D eigenvalue weighted by Crippen LogP contribution is 2.25. The summed E-state index contributed by atoms with van der Waals surface area (Å²) in [5.74, 6) is 2.67. The van der Waals surface area contributed by atoms with E-state index in [1.165, 1.54) is 9.88 Å². The van der Waals surface area contributed by atoms with Crippen molar-refractivity contribution >= 4 is 22.7 Å². The van der Waals surface area contributed by atoms with Gasteiger partial charge in [0.15, 0.2) is 5.89 Å². The maximum Gasteiger partial charge on any atom is 0.194 e. The molecule has 0 aliphatic carbocycles. The largest absolute Gasteiger partial charge is 0.445 e. The molecule has 128 valence electrons. The van der Waals surface area contributed by atoms with Crippen LogP contribution in [0.5, 0.6) is 0 Å². The Morgan fingerprint density at radius 3 is 2.62 bits per heavy atom. The van der Waals surface area contributed by atoms with Gasteiger partial charge in [0.05, 0.1) is 16.2 Å². The molecule has 0 amide bonds. The Labute approximate surface area is 151 Å². The van der Waals surface area contributed by atoms with Gasteiger partial charge in [-0.1, -0.05) is 20.8 Å². The minimum atomic E-state index is 0.387. The van der Waals surface area contributed by atoms with E-state index in [0.717, 1.165) is 42.3 Å². The lowest BCUT2D eigenvalue weighted by atomic mass is 10.1. The van der Waals surface area contributed by atoms with E-state index in [4.69, 9.17) is 4.42 Å². The summed E-state index contributed by atoms with van der Waals surface area (Å²) in [7, 11) is 0. The van der Waals surface area contributed by atoms with Crippen molar-refractivity contribution in [2.45, 2.75) is 58.3 Å². The van der Waals surface area contributed by atoms with Crippen LogP contribution in [0.25, 0.3) is 0 Å². The first-order valence-electron chi connectivity index (χ1n) is 8.39. The molecule has 0 N–H and O–H groups in total. The Kier molecular flexibility index (Phi) is 5.79. The molecule has 3 aromatic rings. The van der Waals surface area contributed by atoms with Gasteiger partial charge in [-0.05, 0) is 12.8 Å². The van der Waals surface area contributed by atoms with Gasteiger partial charge in [-0.3, -0.25) is 0 Å². The summed E-state index contributed by atoms with van der Waals surface area (Å²) in [5.41, 5.74) is 0. The van der Waals surface area contributed by atoms with Crippen LogP contribution < -0.4 is 0 Å². The van der Waals surface area contributed by atoms with Crippen LogP contribution in [0.4, 0.5) is 0 Å². The molecule has 3 rings (SSSR count). The molecule has 0 aromatic carbocycles. The van der Waals surface area contributed by atoms with Crippen LogP contribution in [0.2, 0.25) is 0 Å². The molecule has 24 heavy (non-hydrogen) atoms. The number of hydrogen-bond acceptors (Lipinski definition) is 6. The van der Waals surface area contributed by atoms with Crippen molar-refractivity contribution in [3.63, 3.8) is 0 Å². The van der Waals surface area contributed by atoms with E-state index < -0.39 is 0 Å². The number of oxazole rings is 1. The number of aromatic nitrogens is 3. The number of hydrogen-bond donors (Lipinski definition) is 0. The standard InChI is InChI=1S/C18H23N3OS2/c1-12(2)15-11-20-16(22-15)6-7-17-21-10-14(24-17)5-4-13(3)18-19-8-9-23-18/h8-13H,4-7H2,1-3H3. The van der Waals surface area contributed by atoms with E-state index >= 15 is 0 Å². The Morgan fingerprint density at radius 2 is 1.92 bits per heavy atom. The highest BCUT2D eigenvalue weighted by molar-refractivity contribution is 7.11. The van der Waals surface area contributed by atoms with E-state index in [9.17, 15) is 0 Å². The van der Waals surface area contributed by atoms with Crippen LogP contribution >= 0.6 is 22.7 Å². The average molecular weight is 362 g/mol. The van der Waals surface area contributed by atoms with Crippen LogP contribution in [-0.4, -0.2) is 15.0 Å². The molecule has 0 saturated heterocycles. The zero-order chi connectivity index (χ0) is 16.9. The van der Waals surface area contributed by atoms with Crippen molar-refractivity contribution in [1.82, 2.24) is 15.0 Å². The van der Waals surface area contributed by atoms with Gasteiger partial charge in [0.1, 0.15) is 5.76 Å². The van der Waals surface area contributed by atoms with E-state index in [2.05, 4.69) is 35.7 Å². The fourth-order valence-electron chi connectivity index (χ4n) is 2.46. The van der Waals surface area contributed by atoms with E-state index in [0.29, 0.717) is 11.8 Å². The summed E-state index contributed by atoms with van der Waals surface area (Å²) < 4.78 is 5.75. The van der Waals surface area contributed by atoms with Crippen LogP contribution in [0.15, 0.2) is 28.4 Å². The topological polar surface area (TPSA) is 51.8 Å². The molecule has 3 heterocycles. The molecule has 0 spiro atoms. The van der Waals surface area contributed by atoms with Gasteiger partial charge in [-0.25, -0.2) is 15.0 Å². The highest BCUT2D eigenvalue weighted by atomic mass is 32.1. The van der Waals surface area contributed by atoms with Crippen molar-refractivity contribution in [2.24, 2.45) is 0 Å². The van der Waals surface area contributed by atoms with Crippen molar-refractivity contribution in [3.8, 4) is 0 Å². The third-order valence-electron chi connectivity index (χ3n) is 3.99. The first-order chi connectivity index (χ1) is 11.6. The lowest BCUT2D eigenvalue weighted by Gasteiger charge is -2.05. The molecule has 0 fully saturated rings. The van der Waals surface area contributed by atoms with Gasteiger partial charge < -0.3 is 4.42 Å². The second-order valence-corrected chi connectivity index (χ2v) is 8.47. The average Bonchev–Trinajstić information content (AvgIpc) is 3.31. The summed E-state index contributed by atoms with van der Waals surface area (Å²) >= 11 is 3.55. The molecule has 0 bridgehead atoms. The van der Waals surface area contributed by atoms with E-state index in [1.807, 2.05) is 24.0 Å². The Morgan fingerprint density at radius 1 is 1.04 bits per heavy atom. The van der Waals surface area contributed by atoms with Gasteiger partial charge in [0.25, 0.3) is 0 Å². The van der Waals surface area contributed by atoms with Gasteiger partial charge in [-0.15, -0.1) is 22.7 Å². The zero-order valence-corrected chi connectivity index (χ0v) is 16.0. The lowest BCUT2D eigenvalue weighted by molar-refractivity contribution is 0.438. The first kappa shape index (κ1) is 17.3. The lowest BCUT2D eigenvalue weighted by Crippen LogP contribution is -1.94. The molecule has 6 heteroatoms. The van der Waals surface area contributed by atoms with E-state index in [1.54, 1.807) is 22.7 Å². The van der Waals surface area contributed by atoms with Crippen LogP contribution in [0.3, 0.4) is 0 Å². The molecule has 0 saturated carbocycles. The van der Waals surface area contributed by atoms with Crippen molar-refractivity contribution in [3.05, 3.63) is 50.5 Å². The predicted octanol–water partition coefficient (Wildman–Crippen LogP) is 5.23. The molecule has 1 unspecified atom stereocenters. The monoisotopic (exact) mass is 361 g/mol. The summed E-state index contributed by atoms with van der Waals surface area (Å²) in [6.07, 6.45) is 9.63. The third kappa shape index (κ3) is 4.51. The molecule has 0 aliphatic heterocycles. The third-order valence-corrected chi connectivity index (χ3v) is 6.12. The molecular weight excluding hydrogens is 338 g/mol. The quantitative estimate of drug-likeness (QED) is 0.551. The summed E-state index contributed by atoms with van der Waals surface area (Å²) in [6.45, 7) is 6.48. The minimum Gasteiger partial charge on any atom is -0.445 e. The maximum absolute atomic E-state index is 5.75. The van der Waals surface area contributed by atoms with Crippen molar-refractivity contribution in [1.29, 1.82) is 0 Å². The van der Waals surface area contributed by atoms with Crippen molar-refractivity contribution in [2.75, 3.05) is 0 Å². The van der Waals surface area contributed by atoms with Gasteiger partial charge in [0, 0.05) is 47.3 Å². The minimum absolute atomic E-state index is 0.387. The number of rotatable bonds is 8. The molecular formula is C18H23N3OS2. The number of thiazole rings is 2. The molecule has 3 aromatic heterocycles. The van der Waals surface area contributed by atoms with Gasteiger partial charge in [0.2, 0.25) is 0 Å². The van der Waals surface area contributed by atoms with Crippen LogP contribution in [-0.2, 0) is 19.3 Å². The Bertz CT molecular complexity index is 746. The highest BCUT2D eigenvalue weighted by Gasteiger charge is 2.11.